The minimum absolute atomic E-state index is 0.0270. The Labute approximate surface area is 183 Å². The number of nitrogens with zero attached hydrogens (tertiary/aromatic N) is 3. The number of carbonyl (C=O) groups excluding carboxylic acids is 1. The summed E-state index contributed by atoms with van der Waals surface area (Å²) >= 11 is 1.12. The molecule has 156 valence electrons. The number of nitrogens with two attached hydrogens (primary N) is 1. The number of ether oxygens (including phenoxy) is 1. The minimum Gasteiger partial charge on any atom is -0.497 e. The van der Waals surface area contributed by atoms with Crippen LogP contribution in [-0.4, -0.2) is 23.3 Å². The number of amides is 1. The summed E-state index contributed by atoms with van der Waals surface area (Å²) in [7, 11) is 1.57. The van der Waals surface area contributed by atoms with Gasteiger partial charge in [-0.25, -0.2) is 4.98 Å². The molecular weight excluding hydrogens is 414 g/mol. The molecular formula is C22H19N5O3S. The van der Waals surface area contributed by atoms with Gasteiger partial charge in [0, 0.05) is 5.69 Å². The Morgan fingerprint density at radius 1 is 1.26 bits per heavy atom. The number of furan rings is 1. The van der Waals surface area contributed by atoms with Gasteiger partial charge in [0.25, 0.3) is 0 Å². The van der Waals surface area contributed by atoms with E-state index in [4.69, 9.17) is 14.9 Å². The Kier molecular flexibility index (Phi) is 6.81. The summed E-state index contributed by atoms with van der Waals surface area (Å²) in [6.07, 6.45) is 1.92. The fourth-order valence-corrected chi connectivity index (χ4v) is 3.92. The summed E-state index contributed by atoms with van der Waals surface area (Å²) in [4.78, 5) is 17.1. The van der Waals surface area contributed by atoms with E-state index in [2.05, 4.69) is 16.4 Å². The normalized spacial score (nSPS) is 11.2. The van der Waals surface area contributed by atoms with E-state index in [1.54, 1.807) is 43.5 Å². The fraction of sp³-hybridized carbons (Fsp3) is 0.182. The quantitative estimate of drug-likeness (QED) is 0.529. The van der Waals surface area contributed by atoms with Crippen molar-refractivity contribution in [2.45, 2.75) is 23.6 Å². The summed E-state index contributed by atoms with van der Waals surface area (Å²) in [6, 6.07) is 14.3. The molecule has 31 heavy (non-hydrogen) atoms. The smallest absolute Gasteiger partial charge is 0.237 e. The first-order valence-corrected chi connectivity index (χ1v) is 10.2. The highest BCUT2D eigenvalue weighted by Crippen LogP contribution is 2.37. The highest BCUT2D eigenvalue weighted by molar-refractivity contribution is 8.00. The van der Waals surface area contributed by atoms with Gasteiger partial charge in [-0.15, -0.1) is 0 Å². The van der Waals surface area contributed by atoms with Crippen LogP contribution in [0.3, 0.4) is 0 Å². The van der Waals surface area contributed by atoms with Crippen molar-refractivity contribution in [2.75, 3.05) is 18.2 Å². The zero-order valence-corrected chi connectivity index (χ0v) is 17.7. The van der Waals surface area contributed by atoms with Crippen LogP contribution in [0.1, 0.15) is 24.5 Å². The van der Waals surface area contributed by atoms with Gasteiger partial charge < -0.3 is 20.2 Å². The van der Waals surface area contributed by atoms with E-state index in [-0.39, 0.29) is 33.4 Å². The monoisotopic (exact) mass is 433 g/mol. The van der Waals surface area contributed by atoms with Crippen LogP contribution in [0.15, 0.2) is 52.1 Å². The lowest BCUT2D eigenvalue weighted by atomic mass is 10.0. The van der Waals surface area contributed by atoms with Gasteiger partial charge in [0.15, 0.2) is 0 Å². The zero-order valence-electron chi connectivity index (χ0n) is 16.9. The summed E-state index contributed by atoms with van der Waals surface area (Å²) in [5.41, 5.74) is 7.09. The fourth-order valence-electron chi connectivity index (χ4n) is 2.90. The van der Waals surface area contributed by atoms with Gasteiger partial charge in [0.1, 0.15) is 40.1 Å². The molecule has 2 aromatic heterocycles. The molecule has 9 heteroatoms. The van der Waals surface area contributed by atoms with Crippen molar-refractivity contribution < 1.29 is 13.9 Å². The van der Waals surface area contributed by atoms with E-state index in [0.29, 0.717) is 23.6 Å². The highest BCUT2D eigenvalue weighted by atomic mass is 32.2. The maximum atomic E-state index is 12.8. The lowest BCUT2D eigenvalue weighted by Crippen LogP contribution is -2.25. The average Bonchev–Trinajstić information content (AvgIpc) is 3.32. The second-order valence-electron chi connectivity index (χ2n) is 6.36. The van der Waals surface area contributed by atoms with E-state index in [0.717, 1.165) is 11.8 Å². The molecule has 0 saturated heterocycles. The van der Waals surface area contributed by atoms with Crippen molar-refractivity contribution in [1.82, 2.24) is 4.98 Å². The number of thioether (sulfide) groups is 1. The third-order valence-corrected chi connectivity index (χ3v) is 5.81. The molecule has 1 aromatic carbocycles. The second kappa shape index (κ2) is 9.70. The number of nitrogen functional groups attached to an aromatic ring is 1. The van der Waals surface area contributed by atoms with Crippen molar-refractivity contribution in [3.05, 3.63) is 53.8 Å². The molecule has 0 spiro atoms. The number of nitrogens with one attached hydrogen (secondary N) is 1. The Morgan fingerprint density at radius 3 is 2.52 bits per heavy atom. The number of methoxy groups -OCH3 is 1. The van der Waals surface area contributed by atoms with Crippen LogP contribution in [-0.2, 0) is 4.79 Å². The van der Waals surface area contributed by atoms with Crippen molar-refractivity contribution in [3.63, 3.8) is 0 Å². The first kappa shape index (κ1) is 21.8. The molecule has 0 saturated carbocycles. The van der Waals surface area contributed by atoms with E-state index in [1.807, 2.05) is 13.0 Å². The number of hydrogen-bond donors (Lipinski definition) is 2. The molecule has 0 aliphatic carbocycles. The van der Waals surface area contributed by atoms with Gasteiger partial charge in [-0.05, 0) is 42.8 Å². The molecule has 8 nitrogen and oxygen atoms in total. The van der Waals surface area contributed by atoms with Gasteiger partial charge in [-0.1, -0.05) is 18.7 Å². The van der Waals surface area contributed by atoms with Gasteiger partial charge >= 0.3 is 0 Å². The van der Waals surface area contributed by atoms with Crippen LogP contribution in [0, 0.1) is 22.7 Å². The molecule has 3 aromatic rings. The zero-order chi connectivity index (χ0) is 22.4. The lowest BCUT2D eigenvalue weighted by molar-refractivity contribution is -0.115. The van der Waals surface area contributed by atoms with E-state index >= 15 is 0 Å². The van der Waals surface area contributed by atoms with E-state index in [9.17, 15) is 15.3 Å². The molecule has 0 radical (unpaired) electrons. The number of aromatic nitrogens is 1. The van der Waals surface area contributed by atoms with Crippen LogP contribution in [0.2, 0.25) is 0 Å². The molecule has 0 bridgehead atoms. The number of benzene rings is 1. The number of rotatable bonds is 7. The Morgan fingerprint density at radius 2 is 1.97 bits per heavy atom. The Hall–Kier alpha value is -3.95. The third kappa shape index (κ3) is 4.63. The van der Waals surface area contributed by atoms with Gasteiger partial charge in [-0.3, -0.25) is 4.79 Å². The van der Waals surface area contributed by atoms with E-state index < -0.39 is 5.25 Å². The van der Waals surface area contributed by atoms with Crippen LogP contribution >= 0.6 is 11.8 Å². The largest absolute Gasteiger partial charge is 0.497 e. The summed E-state index contributed by atoms with van der Waals surface area (Å²) in [6.45, 7) is 1.86. The number of nitriles is 2. The highest BCUT2D eigenvalue weighted by Gasteiger charge is 2.26. The van der Waals surface area contributed by atoms with E-state index in [1.165, 1.54) is 6.26 Å². The number of carbonyl (C=O) groups is 1. The molecule has 0 aliphatic heterocycles. The van der Waals surface area contributed by atoms with Crippen molar-refractivity contribution >= 4 is 29.2 Å². The molecule has 0 fully saturated rings. The number of pyridine rings is 1. The lowest BCUT2D eigenvalue weighted by Gasteiger charge is -2.17. The SMILES string of the molecule is CCC(Sc1nc(N)c(C#N)c(-c2ccco2)c1C#N)C(=O)Nc1ccc(OC)cc1. The average molecular weight is 433 g/mol. The molecule has 3 rings (SSSR count). The summed E-state index contributed by atoms with van der Waals surface area (Å²) in [5.74, 6) is 0.743. The standard InChI is InChI=1S/C22H19N5O3S/c1-3-18(21(28)26-13-6-8-14(29-2)9-7-13)31-22-16(12-24)19(17-5-4-10-30-17)15(11-23)20(25)27-22/h4-10,18H,3H2,1-2H3,(H2,25,27)(H,26,28). The van der Waals surface area contributed by atoms with Crippen molar-refractivity contribution in [2.24, 2.45) is 0 Å². The topological polar surface area (TPSA) is 138 Å². The first-order chi connectivity index (χ1) is 15.0. The van der Waals surface area contributed by atoms with Crippen LogP contribution in [0.5, 0.6) is 5.75 Å². The van der Waals surface area contributed by atoms with Gasteiger partial charge in [0.2, 0.25) is 5.91 Å². The maximum Gasteiger partial charge on any atom is 0.237 e. The van der Waals surface area contributed by atoms with Crippen molar-refractivity contribution in [3.8, 4) is 29.2 Å². The predicted molar refractivity (Wildman–Crippen MR) is 117 cm³/mol. The number of anilines is 2. The molecule has 2 heterocycles. The Bertz CT molecular complexity index is 1160. The predicted octanol–water partition coefficient (Wildman–Crippen LogP) is 4.19. The van der Waals surface area contributed by atoms with Gasteiger partial charge in [0.05, 0.1) is 29.7 Å². The third-order valence-electron chi connectivity index (χ3n) is 4.46. The summed E-state index contributed by atoms with van der Waals surface area (Å²) in [5, 5.41) is 21.9. The molecule has 0 aliphatic rings. The second-order valence-corrected chi connectivity index (χ2v) is 7.55. The van der Waals surface area contributed by atoms with Crippen LogP contribution in [0.25, 0.3) is 11.3 Å². The summed E-state index contributed by atoms with van der Waals surface area (Å²) < 4.78 is 10.5. The molecule has 3 N–H and O–H groups in total. The molecule has 1 amide bonds. The number of hydrogen-bond acceptors (Lipinski definition) is 8. The molecule has 1 atom stereocenters. The maximum absolute atomic E-state index is 12.8. The Balaban J connectivity index is 1.93. The first-order valence-electron chi connectivity index (χ1n) is 9.31. The van der Waals surface area contributed by atoms with Crippen LogP contribution in [0.4, 0.5) is 11.5 Å². The van der Waals surface area contributed by atoms with Gasteiger partial charge in [-0.2, -0.15) is 10.5 Å². The minimum atomic E-state index is -0.543. The van der Waals surface area contributed by atoms with Crippen molar-refractivity contribution in [1.29, 1.82) is 10.5 Å². The van der Waals surface area contributed by atoms with Crippen LogP contribution < -0.4 is 15.8 Å². The molecule has 1 unspecified atom stereocenters.